The summed E-state index contributed by atoms with van der Waals surface area (Å²) in [6.07, 6.45) is 1.09. The standard InChI is InChI=1S/C14H22N2/c1-6-14(4,5)12-8-7-11(15)9-13(12)16-10(2)3/h7-9,16H,2,6,15H2,1,3-5H3. The molecular formula is C14H22N2. The number of rotatable bonds is 4. The van der Waals surface area contributed by atoms with Crippen LogP contribution in [0.3, 0.4) is 0 Å². The third kappa shape index (κ3) is 2.78. The molecule has 2 heteroatoms. The van der Waals surface area contributed by atoms with Crippen LogP contribution in [0.25, 0.3) is 0 Å². The van der Waals surface area contributed by atoms with Gasteiger partial charge in [-0.2, -0.15) is 0 Å². The van der Waals surface area contributed by atoms with Crippen molar-refractivity contribution in [3.63, 3.8) is 0 Å². The maximum atomic E-state index is 5.82. The Morgan fingerprint density at radius 3 is 2.56 bits per heavy atom. The monoisotopic (exact) mass is 218 g/mol. The van der Waals surface area contributed by atoms with Crippen LogP contribution >= 0.6 is 0 Å². The molecule has 0 aliphatic heterocycles. The van der Waals surface area contributed by atoms with Crippen LogP contribution in [-0.2, 0) is 5.41 Å². The molecule has 1 aromatic carbocycles. The second-order valence-electron chi connectivity index (χ2n) is 4.95. The van der Waals surface area contributed by atoms with Crippen molar-refractivity contribution in [2.24, 2.45) is 0 Å². The van der Waals surface area contributed by atoms with Gasteiger partial charge in [-0.3, -0.25) is 0 Å². The lowest BCUT2D eigenvalue weighted by molar-refractivity contribution is 0.508. The molecule has 88 valence electrons. The van der Waals surface area contributed by atoms with Gasteiger partial charge in [0.1, 0.15) is 0 Å². The van der Waals surface area contributed by atoms with Gasteiger partial charge < -0.3 is 11.1 Å². The molecule has 0 amide bonds. The summed E-state index contributed by atoms with van der Waals surface area (Å²) in [5, 5.41) is 3.28. The number of anilines is 2. The molecule has 0 bridgehead atoms. The van der Waals surface area contributed by atoms with Crippen molar-refractivity contribution < 1.29 is 0 Å². The Bertz CT molecular complexity index is 392. The van der Waals surface area contributed by atoms with Crippen LogP contribution in [0, 0.1) is 0 Å². The summed E-state index contributed by atoms with van der Waals surface area (Å²) in [5.74, 6) is 0. The van der Waals surface area contributed by atoms with E-state index in [9.17, 15) is 0 Å². The van der Waals surface area contributed by atoms with Gasteiger partial charge in [-0.1, -0.05) is 33.4 Å². The predicted molar refractivity (Wildman–Crippen MR) is 72.6 cm³/mol. The molecule has 0 heterocycles. The average Bonchev–Trinajstić information content (AvgIpc) is 2.16. The first-order valence-electron chi connectivity index (χ1n) is 5.69. The van der Waals surface area contributed by atoms with Gasteiger partial charge in [0.05, 0.1) is 0 Å². The molecule has 0 unspecified atom stereocenters. The summed E-state index contributed by atoms with van der Waals surface area (Å²) in [5.41, 5.74) is 10.0. The van der Waals surface area contributed by atoms with E-state index in [1.54, 1.807) is 0 Å². The van der Waals surface area contributed by atoms with Gasteiger partial charge in [0.25, 0.3) is 0 Å². The Morgan fingerprint density at radius 2 is 2.06 bits per heavy atom. The van der Waals surface area contributed by atoms with Crippen molar-refractivity contribution in [1.82, 2.24) is 0 Å². The molecule has 0 spiro atoms. The van der Waals surface area contributed by atoms with Gasteiger partial charge >= 0.3 is 0 Å². The largest absolute Gasteiger partial charge is 0.399 e. The van der Waals surface area contributed by atoms with Crippen LogP contribution < -0.4 is 11.1 Å². The lowest BCUT2D eigenvalue weighted by Gasteiger charge is -2.27. The Kier molecular flexibility index (Phi) is 3.63. The van der Waals surface area contributed by atoms with Crippen molar-refractivity contribution >= 4 is 11.4 Å². The molecule has 0 aliphatic rings. The molecule has 0 saturated heterocycles. The van der Waals surface area contributed by atoms with E-state index in [0.717, 1.165) is 23.5 Å². The molecular weight excluding hydrogens is 196 g/mol. The highest BCUT2D eigenvalue weighted by Gasteiger charge is 2.21. The fourth-order valence-electron chi connectivity index (χ4n) is 1.68. The summed E-state index contributed by atoms with van der Waals surface area (Å²) in [6.45, 7) is 12.5. The number of nitrogens with two attached hydrogens (primary N) is 1. The summed E-state index contributed by atoms with van der Waals surface area (Å²) in [4.78, 5) is 0. The maximum Gasteiger partial charge on any atom is 0.0440 e. The van der Waals surface area contributed by atoms with E-state index in [2.05, 4.69) is 38.7 Å². The highest BCUT2D eigenvalue weighted by molar-refractivity contribution is 5.63. The van der Waals surface area contributed by atoms with Crippen LogP contribution in [-0.4, -0.2) is 0 Å². The Hall–Kier alpha value is -1.44. The van der Waals surface area contributed by atoms with Crippen LogP contribution in [0.15, 0.2) is 30.5 Å². The molecule has 0 aromatic heterocycles. The van der Waals surface area contributed by atoms with Crippen molar-refractivity contribution in [2.75, 3.05) is 11.1 Å². The molecule has 1 rings (SSSR count). The Balaban J connectivity index is 3.22. The molecule has 0 fully saturated rings. The highest BCUT2D eigenvalue weighted by atomic mass is 14.9. The van der Waals surface area contributed by atoms with E-state index in [0.29, 0.717) is 0 Å². The van der Waals surface area contributed by atoms with Crippen LogP contribution in [0.5, 0.6) is 0 Å². The number of benzene rings is 1. The van der Waals surface area contributed by atoms with Gasteiger partial charge in [0.15, 0.2) is 0 Å². The first-order valence-corrected chi connectivity index (χ1v) is 5.69. The number of allylic oxidation sites excluding steroid dienone is 1. The zero-order valence-electron chi connectivity index (χ0n) is 10.7. The Morgan fingerprint density at radius 1 is 1.44 bits per heavy atom. The van der Waals surface area contributed by atoms with Crippen molar-refractivity contribution in [3.8, 4) is 0 Å². The van der Waals surface area contributed by atoms with E-state index in [1.165, 1.54) is 5.56 Å². The first-order chi connectivity index (χ1) is 7.36. The maximum absolute atomic E-state index is 5.82. The summed E-state index contributed by atoms with van der Waals surface area (Å²) in [6, 6.07) is 6.03. The minimum Gasteiger partial charge on any atom is -0.399 e. The smallest absolute Gasteiger partial charge is 0.0440 e. The zero-order chi connectivity index (χ0) is 12.3. The third-order valence-corrected chi connectivity index (χ3v) is 3.00. The fraction of sp³-hybridized carbons (Fsp3) is 0.429. The third-order valence-electron chi connectivity index (χ3n) is 3.00. The van der Waals surface area contributed by atoms with Crippen molar-refractivity contribution in [2.45, 2.75) is 39.5 Å². The number of nitrogens with one attached hydrogen (secondary N) is 1. The molecule has 3 N–H and O–H groups in total. The van der Waals surface area contributed by atoms with Gasteiger partial charge in [0, 0.05) is 17.1 Å². The quantitative estimate of drug-likeness (QED) is 0.752. The predicted octanol–water partition coefficient (Wildman–Crippen LogP) is 3.90. The normalized spacial score (nSPS) is 11.2. The fourth-order valence-corrected chi connectivity index (χ4v) is 1.68. The van der Waals surface area contributed by atoms with E-state index < -0.39 is 0 Å². The van der Waals surface area contributed by atoms with Crippen LogP contribution in [0.4, 0.5) is 11.4 Å². The summed E-state index contributed by atoms with van der Waals surface area (Å²) in [7, 11) is 0. The highest BCUT2D eigenvalue weighted by Crippen LogP contribution is 2.34. The number of hydrogen-bond acceptors (Lipinski definition) is 2. The minimum absolute atomic E-state index is 0.144. The lowest BCUT2D eigenvalue weighted by atomic mass is 9.81. The second-order valence-corrected chi connectivity index (χ2v) is 4.95. The van der Waals surface area contributed by atoms with Crippen LogP contribution in [0.1, 0.15) is 39.7 Å². The number of hydrogen-bond donors (Lipinski definition) is 2. The molecule has 0 atom stereocenters. The van der Waals surface area contributed by atoms with Gasteiger partial charge in [-0.15, -0.1) is 0 Å². The number of nitrogen functional groups attached to an aromatic ring is 1. The molecule has 0 radical (unpaired) electrons. The van der Waals surface area contributed by atoms with Gasteiger partial charge in [-0.25, -0.2) is 0 Å². The SMILES string of the molecule is C=C(C)Nc1cc(N)ccc1C(C)(C)CC. The summed E-state index contributed by atoms with van der Waals surface area (Å²) >= 11 is 0. The lowest BCUT2D eigenvalue weighted by Crippen LogP contribution is -2.18. The molecule has 0 saturated carbocycles. The van der Waals surface area contributed by atoms with Gasteiger partial charge in [0.2, 0.25) is 0 Å². The van der Waals surface area contributed by atoms with Crippen molar-refractivity contribution in [1.29, 1.82) is 0 Å². The summed E-state index contributed by atoms with van der Waals surface area (Å²) < 4.78 is 0. The van der Waals surface area contributed by atoms with Gasteiger partial charge in [-0.05, 0) is 36.5 Å². The average molecular weight is 218 g/mol. The topological polar surface area (TPSA) is 38.0 Å². The molecule has 2 nitrogen and oxygen atoms in total. The minimum atomic E-state index is 0.144. The zero-order valence-corrected chi connectivity index (χ0v) is 10.7. The van der Waals surface area contributed by atoms with E-state index in [4.69, 9.17) is 5.73 Å². The second kappa shape index (κ2) is 4.60. The first kappa shape index (κ1) is 12.6. The Labute approximate surface area is 98.6 Å². The molecule has 1 aromatic rings. The van der Waals surface area contributed by atoms with Crippen LogP contribution in [0.2, 0.25) is 0 Å². The van der Waals surface area contributed by atoms with Crippen molar-refractivity contribution in [3.05, 3.63) is 36.0 Å². The molecule has 16 heavy (non-hydrogen) atoms. The van der Waals surface area contributed by atoms with E-state index in [1.807, 2.05) is 19.1 Å². The molecule has 0 aliphatic carbocycles. The van der Waals surface area contributed by atoms with E-state index >= 15 is 0 Å². The van der Waals surface area contributed by atoms with E-state index in [-0.39, 0.29) is 5.41 Å².